The van der Waals surface area contributed by atoms with Crippen molar-refractivity contribution in [3.63, 3.8) is 0 Å². The second-order valence-electron chi connectivity index (χ2n) is 4.78. The number of ether oxygens (including phenoxy) is 1. The van der Waals surface area contributed by atoms with Crippen molar-refractivity contribution in [1.82, 2.24) is 5.32 Å². The monoisotopic (exact) mass is 345 g/mol. The van der Waals surface area contributed by atoms with Gasteiger partial charge in [0.25, 0.3) is 0 Å². The van der Waals surface area contributed by atoms with Crippen LogP contribution in [-0.4, -0.2) is 36.7 Å². The van der Waals surface area contributed by atoms with Crippen LogP contribution in [0.1, 0.15) is 32.1 Å². The Balaban J connectivity index is 2.07. The molecule has 2 atom stereocenters. The quantitative estimate of drug-likeness (QED) is 0.593. The molecule has 1 aliphatic carbocycles. The Morgan fingerprint density at radius 3 is 2.63 bits per heavy atom. The van der Waals surface area contributed by atoms with Crippen LogP contribution in [-0.2, 0) is 9.53 Å². The van der Waals surface area contributed by atoms with Crippen molar-refractivity contribution >= 4 is 21.8 Å². The summed E-state index contributed by atoms with van der Waals surface area (Å²) in [5.74, 6) is 0.154. The molecule has 0 aromatic rings. The number of carbonyl (C=O) groups excluding carboxylic acids is 1. The molecule has 1 rings (SSSR count). The van der Waals surface area contributed by atoms with E-state index in [1.54, 1.807) is 0 Å². The molecule has 3 nitrogen and oxygen atoms in total. The maximum Gasteiger partial charge on any atom is 0.411 e. The molecule has 112 valence electrons. The van der Waals surface area contributed by atoms with Crippen molar-refractivity contribution in [2.45, 2.75) is 43.1 Å². The van der Waals surface area contributed by atoms with Gasteiger partial charge in [0.1, 0.15) is 6.61 Å². The Labute approximate surface area is 119 Å². The summed E-state index contributed by atoms with van der Waals surface area (Å²) >= 11 is 3.59. The molecule has 0 radical (unpaired) electrons. The molecule has 0 aromatic heterocycles. The van der Waals surface area contributed by atoms with Crippen LogP contribution in [0.4, 0.5) is 13.2 Å². The first-order valence-corrected chi connectivity index (χ1v) is 7.35. The lowest BCUT2D eigenvalue weighted by Crippen LogP contribution is -2.35. The van der Waals surface area contributed by atoms with Gasteiger partial charge in [-0.25, -0.2) is 0 Å². The largest absolute Gasteiger partial charge is 0.411 e. The zero-order valence-electron chi connectivity index (χ0n) is 10.6. The van der Waals surface area contributed by atoms with Gasteiger partial charge in [-0.05, 0) is 18.8 Å². The highest BCUT2D eigenvalue weighted by Gasteiger charge is 2.27. The number of carbonyl (C=O) groups is 1. The van der Waals surface area contributed by atoms with Crippen molar-refractivity contribution in [2.24, 2.45) is 5.92 Å². The fourth-order valence-electron chi connectivity index (χ4n) is 2.08. The smallest absolute Gasteiger partial charge is 0.372 e. The number of halogens is 4. The van der Waals surface area contributed by atoms with E-state index in [-0.39, 0.29) is 18.9 Å². The van der Waals surface area contributed by atoms with Crippen LogP contribution in [0.15, 0.2) is 0 Å². The minimum Gasteiger partial charge on any atom is -0.372 e. The molecule has 1 aliphatic rings. The van der Waals surface area contributed by atoms with Crippen molar-refractivity contribution in [3.05, 3.63) is 0 Å². The van der Waals surface area contributed by atoms with Gasteiger partial charge in [0.2, 0.25) is 5.91 Å². The number of nitrogens with one attached hydrogen (secondary N) is 1. The van der Waals surface area contributed by atoms with Gasteiger partial charge in [0.15, 0.2) is 0 Å². The van der Waals surface area contributed by atoms with Crippen LogP contribution in [0.2, 0.25) is 0 Å². The lowest BCUT2D eigenvalue weighted by atomic mass is 9.89. The molecular formula is C12H19BrF3NO2. The zero-order chi connectivity index (χ0) is 14.3. The highest BCUT2D eigenvalue weighted by Crippen LogP contribution is 2.29. The van der Waals surface area contributed by atoms with Crippen molar-refractivity contribution in [2.75, 3.05) is 19.8 Å². The third-order valence-corrected chi connectivity index (χ3v) is 4.32. The van der Waals surface area contributed by atoms with Gasteiger partial charge < -0.3 is 10.1 Å². The topological polar surface area (TPSA) is 38.3 Å². The van der Waals surface area contributed by atoms with Crippen molar-refractivity contribution in [1.29, 1.82) is 0 Å². The molecule has 2 unspecified atom stereocenters. The number of amides is 1. The highest BCUT2D eigenvalue weighted by atomic mass is 79.9. The summed E-state index contributed by atoms with van der Waals surface area (Å²) in [6, 6.07) is 0. The normalized spacial score (nSPS) is 24.2. The number of rotatable bonds is 6. The highest BCUT2D eigenvalue weighted by molar-refractivity contribution is 9.09. The molecule has 1 saturated carbocycles. The second kappa shape index (κ2) is 8.09. The summed E-state index contributed by atoms with van der Waals surface area (Å²) in [6.07, 6.45) is 0.177. The van der Waals surface area contributed by atoms with E-state index in [1.165, 1.54) is 6.42 Å². The summed E-state index contributed by atoms with van der Waals surface area (Å²) in [5, 5.41) is 2.75. The minimum atomic E-state index is -4.33. The molecule has 0 aliphatic heterocycles. The Kier molecular flexibility index (Phi) is 7.13. The molecule has 19 heavy (non-hydrogen) atoms. The number of alkyl halides is 4. The molecule has 0 spiro atoms. The van der Waals surface area contributed by atoms with Gasteiger partial charge in [-0.2, -0.15) is 13.2 Å². The third kappa shape index (κ3) is 7.77. The molecule has 0 heterocycles. The van der Waals surface area contributed by atoms with Crippen molar-refractivity contribution in [3.8, 4) is 0 Å². The second-order valence-corrected chi connectivity index (χ2v) is 5.96. The van der Waals surface area contributed by atoms with E-state index in [9.17, 15) is 18.0 Å². The fourth-order valence-corrected chi connectivity index (χ4v) is 2.85. The van der Waals surface area contributed by atoms with Crippen LogP contribution < -0.4 is 5.32 Å². The van der Waals surface area contributed by atoms with E-state index in [2.05, 4.69) is 26.0 Å². The standard InChI is InChI=1S/C12H19BrF3NO2/c13-10-4-2-1-3-9(10)7-17-11(18)5-6-19-8-12(14,15)16/h9-10H,1-8H2,(H,17,18). The Bertz CT molecular complexity index is 287. The lowest BCUT2D eigenvalue weighted by Gasteiger charge is -2.27. The summed E-state index contributed by atoms with van der Waals surface area (Å²) in [6.45, 7) is -0.922. The molecule has 0 saturated heterocycles. The molecule has 1 amide bonds. The molecule has 1 fully saturated rings. The lowest BCUT2D eigenvalue weighted by molar-refractivity contribution is -0.174. The van der Waals surface area contributed by atoms with Gasteiger partial charge in [-0.15, -0.1) is 0 Å². The third-order valence-electron chi connectivity index (χ3n) is 3.12. The van der Waals surface area contributed by atoms with E-state index in [4.69, 9.17) is 0 Å². The summed E-state index contributed by atoms with van der Waals surface area (Å²) in [5.41, 5.74) is 0. The van der Waals surface area contributed by atoms with E-state index in [0.29, 0.717) is 17.3 Å². The van der Waals surface area contributed by atoms with E-state index in [0.717, 1.165) is 19.3 Å². The summed E-state index contributed by atoms with van der Waals surface area (Å²) in [4.78, 5) is 11.8. The summed E-state index contributed by atoms with van der Waals surface area (Å²) < 4.78 is 39.7. The Morgan fingerprint density at radius 2 is 2.00 bits per heavy atom. The molecular weight excluding hydrogens is 327 g/mol. The van der Waals surface area contributed by atoms with Gasteiger partial charge in [0, 0.05) is 17.8 Å². The first-order chi connectivity index (χ1) is 8.88. The first kappa shape index (κ1) is 16.8. The number of hydrogen-bond acceptors (Lipinski definition) is 2. The van der Waals surface area contributed by atoms with Crippen LogP contribution in [0, 0.1) is 5.92 Å². The maximum absolute atomic E-state index is 11.8. The van der Waals surface area contributed by atoms with Gasteiger partial charge >= 0.3 is 6.18 Å². The van der Waals surface area contributed by atoms with Crippen LogP contribution in [0.5, 0.6) is 0 Å². The maximum atomic E-state index is 11.8. The van der Waals surface area contributed by atoms with E-state index in [1.807, 2.05) is 0 Å². The van der Waals surface area contributed by atoms with Gasteiger partial charge in [-0.3, -0.25) is 4.79 Å². The van der Waals surface area contributed by atoms with E-state index < -0.39 is 12.8 Å². The average Bonchev–Trinajstić information content (AvgIpc) is 2.32. The summed E-state index contributed by atoms with van der Waals surface area (Å²) in [7, 11) is 0. The van der Waals surface area contributed by atoms with Gasteiger partial charge in [0.05, 0.1) is 6.61 Å². The zero-order valence-corrected chi connectivity index (χ0v) is 12.2. The molecule has 7 heteroatoms. The minimum absolute atomic E-state index is 0.0320. The van der Waals surface area contributed by atoms with Crippen LogP contribution in [0.3, 0.4) is 0 Å². The van der Waals surface area contributed by atoms with Crippen LogP contribution in [0.25, 0.3) is 0 Å². The molecule has 0 bridgehead atoms. The number of hydrogen-bond donors (Lipinski definition) is 1. The Morgan fingerprint density at radius 1 is 1.32 bits per heavy atom. The predicted molar refractivity (Wildman–Crippen MR) is 69.2 cm³/mol. The first-order valence-electron chi connectivity index (χ1n) is 6.44. The predicted octanol–water partition coefficient (Wildman–Crippen LogP) is 3.03. The average molecular weight is 346 g/mol. The Hall–Kier alpha value is -0.300. The van der Waals surface area contributed by atoms with Gasteiger partial charge in [-0.1, -0.05) is 28.8 Å². The molecule has 1 N–H and O–H groups in total. The van der Waals surface area contributed by atoms with Crippen LogP contribution >= 0.6 is 15.9 Å². The molecule has 0 aromatic carbocycles. The van der Waals surface area contributed by atoms with Crippen molar-refractivity contribution < 1.29 is 22.7 Å². The fraction of sp³-hybridized carbons (Fsp3) is 0.917. The van der Waals surface area contributed by atoms with E-state index >= 15 is 0 Å². The SMILES string of the molecule is O=C(CCOCC(F)(F)F)NCC1CCCCC1Br.